The van der Waals surface area contributed by atoms with Crippen molar-refractivity contribution in [1.29, 1.82) is 0 Å². The van der Waals surface area contributed by atoms with E-state index in [0.717, 1.165) is 10.9 Å². The van der Waals surface area contributed by atoms with Crippen molar-refractivity contribution in [3.8, 4) is 0 Å². The Balaban J connectivity index is 2.82. The highest BCUT2D eigenvalue weighted by molar-refractivity contribution is 9.18. The second-order valence-corrected chi connectivity index (χ2v) is 3.24. The molecule has 1 aromatic carbocycles. The number of hydrogen-bond donors (Lipinski definition) is 1. The molecule has 1 N–H and O–H groups in total. The second-order valence-electron chi connectivity index (χ2n) is 2.52. The lowest BCUT2D eigenvalue weighted by atomic mass is 10.1. The van der Waals surface area contributed by atoms with E-state index >= 15 is 0 Å². The van der Waals surface area contributed by atoms with Gasteiger partial charge in [-0.1, -0.05) is 6.07 Å². The SMILES string of the molecule is O=C(Br)c1cccc2[nH]ccc12. The number of carbonyl (C=O) groups is 1. The molecule has 0 radical (unpaired) electrons. The van der Waals surface area contributed by atoms with Crippen LogP contribution in [0.15, 0.2) is 30.5 Å². The van der Waals surface area contributed by atoms with Crippen LogP contribution in [0.3, 0.4) is 0 Å². The van der Waals surface area contributed by atoms with Gasteiger partial charge in [-0.3, -0.25) is 4.79 Å². The van der Waals surface area contributed by atoms with Gasteiger partial charge in [0.05, 0.1) is 0 Å². The summed E-state index contributed by atoms with van der Waals surface area (Å²) in [6.07, 6.45) is 1.82. The van der Waals surface area contributed by atoms with Crippen molar-refractivity contribution in [1.82, 2.24) is 4.98 Å². The van der Waals surface area contributed by atoms with Crippen molar-refractivity contribution < 1.29 is 4.79 Å². The maximum Gasteiger partial charge on any atom is 0.228 e. The number of benzene rings is 1. The molecule has 0 aliphatic carbocycles. The number of aromatic amines is 1. The third kappa shape index (κ3) is 1.06. The van der Waals surface area contributed by atoms with E-state index in [9.17, 15) is 4.79 Å². The number of H-pyrrole nitrogens is 1. The van der Waals surface area contributed by atoms with Crippen molar-refractivity contribution in [2.75, 3.05) is 0 Å². The zero-order valence-corrected chi connectivity index (χ0v) is 7.76. The van der Waals surface area contributed by atoms with E-state index in [-0.39, 0.29) is 4.69 Å². The summed E-state index contributed by atoms with van der Waals surface area (Å²) in [7, 11) is 0. The number of aromatic nitrogens is 1. The van der Waals surface area contributed by atoms with Crippen LogP contribution in [0.2, 0.25) is 0 Å². The van der Waals surface area contributed by atoms with Crippen molar-refractivity contribution in [2.45, 2.75) is 0 Å². The highest BCUT2D eigenvalue weighted by Gasteiger charge is 2.05. The average molecular weight is 224 g/mol. The van der Waals surface area contributed by atoms with Crippen LogP contribution in [-0.4, -0.2) is 9.68 Å². The minimum absolute atomic E-state index is 0.0762. The van der Waals surface area contributed by atoms with Crippen LogP contribution >= 0.6 is 15.9 Å². The Kier molecular flexibility index (Phi) is 1.73. The van der Waals surface area contributed by atoms with Gasteiger partial charge in [-0.25, -0.2) is 0 Å². The summed E-state index contributed by atoms with van der Waals surface area (Å²) in [6, 6.07) is 7.49. The van der Waals surface area contributed by atoms with Gasteiger partial charge in [-0.05, 0) is 34.1 Å². The molecule has 0 saturated heterocycles. The lowest BCUT2D eigenvalue weighted by Crippen LogP contribution is -1.87. The Labute approximate surface area is 77.7 Å². The molecule has 2 nitrogen and oxygen atoms in total. The number of nitrogens with one attached hydrogen (secondary N) is 1. The van der Waals surface area contributed by atoms with Crippen molar-refractivity contribution >= 4 is 31.5 Å². The van der Waals surface area contributed by atoms with Gasteiger partial charge >= 0.3 is 0 Å². The standard InChI is InChI=1S/C9H6BrNO/c10-9(12)7-2-1-3-8-6(7)4-5-11-8/h1-5,11H. The third-order valence-electron chi connectivity index (χ3n) is 1.81. The fourth-order valence-electron chi connectivity index (χ4n) is 1.26. The van der Waals surface area contributed by atoms with Crippen molar-refractivity contribution in [2.24, 2.45) is 0 Å². The van der Waals surface area contributed by atoms with E-state index in [4.69, 9.17) is 0 Å². The summed E-state index contributed by atoms with van der Waals surface area (Å²) in [5.41, 5.74) is 1.69. The number of rotatable bonds is 1. The Morgan fingerprint density at radius 3 is 2.92 bits per heavy atom. The molecule has 0 aliphatic rings. The molecule has 12 heavy (non-hydrogen) atoms. The van der Waals surface area contributed by atoms with Gasteiger partial charge in [-0.15, -0.1) is 0 Å². The van der Waals surface area contributed by atoms with E-state index in [2.05, 4.69) is 20.9 Å². The van der Waals surface area contributed by atoms with Gasteiger partial charge in [0.2, 0.25) is 4.69 Å². The molecule has 0 spiro atoms. The van der Waals surface area contributed by atoms with Gasteiger partial charge in [0.25, 0.3) is 0 Å². The molecule has 0 atom stereocenters. The summed E-state index contributed by atoms with van der Waals surface area (Å²) < 4.78 is -0.0762. The molecular weight excluding hydrogens is 218 g/mol. The van der Waals surface area contributed by atoms with E-state index in [1.807, 2.05) is 24.4 Å². The third-order valence-corrected chi connectivity index (χ3v) is 2.23. The van der Waals surface area contributed by atoms with Crippen molar-refractivity contribution in [3.05, 3.63) is 36.0 Å². The molecule has 0 amide bonds. The van der Waals surface area contributed by atoms with Crippen molar-refractivity contribution in [3.63, 3.8) is 0 Å². The first kappa shape index (κ1) is 7.55. The monoisotopic (exact) mass is 223 g/mol. The number of halogens is 1. The Morgan fingerprint density at radius 1 is 1.33 bits per heavy atom. The zero-order valence-electron chi connectivity index (χ0n) is 6.17. The predicted molar refractivity (Wildman–Crippen MR) is 51.6 cm³/mol. The minimum atomic E-state index is -0.0762. The predicted octanol–water partition coefficient (Wildman–Crippen LogP) is 2.70. The highest BCUT2D eigenvalue weighted by Crippen LogP contribution is 2.19. The number of carbonyl (C=O) groups excluding carboxylic acids is 1. The summed E-state index contributed by atoms with van der Waals surface area (Å²) in [4.78, 5) is 14.1. The lowest BCUT2D eigenvalue weighted by Gasteiger charge is -1.95. The van der Waals surface area contributed by atoms with Crippen LogP contribution in [0.1, 0.15) is 10.4 Å². The summed E-state index contributed by atoms with van der Waals surface area (Å²) in [6.45, 7) is 0. The van der Waals surface area contributed by atoms with Crippen LogP contribution in [0.25, 0.3) is 10.9 Å². The van der Waals surface area contributed by atoms with Gasteiger partial charge < -0.3 is 4.98 Å². The smallest absolute Gasteiger partial charge is 0.228 e. The first-order valence-corrected chi connectivity index (χ1v) is 4.34. The average Bonchev–Trinajstić information content (AvgIpc) is 2.49. The van der Waals surface area contributed by atoms with E-state index in [1.54, 1.807) is 6.07 Å². The molecule has 1 heterocycles. The normalized spacial score (nSPS) is 10.4. The summed E-state index contributed by atoms with van der Waals surface area (Å²) in [5.74, 6) is 0. The molecule has 0 bridgehead atoms. The molecule has 1 aromatic heterocycles. The Morgan fingerprint density at radius 2 is 2.17 bits per heavy atom. The van der Waals surface area contributed by atoms with Gasteiger partial charge in [0, 0.05) is 22.7 Å². The summed E-state index contributed by atoms with van der Waals surface area (Å²) in [5, 5.41) is 0.958. The first-order valence-electron chi connectivity index (χ1n) is 3.55. The first-order chi connectivity index (χ1) is 5.79. The molecule has 60 valence electrons. The van der Waals surface area contributed by atoms with Crippen LogP contribution in [0.4, 0.5) is 0 Å². The van der Waals surface area contributed by atoms with Crippen LogP contribution in [-0.2, 0) is 0 Å². The van der Waals surface area contributed by atoms with Gasteiger partial charge in [0.1, 0.15) is 0 Å². The second kappa shape index (κ2) is 2.75. The Bertz CT molecular complexity index is 433. The molecule has 2 rings (SSSR count). The van der Waals surface area contributed by atoms with Gasteiger partial charge in [-0.2, -0.15) is 0 Å². The fraction of sp³-hybridized carbons (Fsp3) is 0. The minimum Gasteiger partial charge on any atom is -0.361 e. The molecule has 0 saturated carbocycles. The van der Waals surface area contributed by atoms with E-state index in [0.29, 0.717) is 5.56 Å². The maximum atomic E-state index is 11.1. The Hall–Kier alpha value is -1.09. The topological polar surface area (TPSA) is 32.9 Å². The largest absolute Gasteiger partial charge is 0.361 e. The van der Waals surface area contributed by atoms with Crippen LogP contribution < -0.4 is 0 Å². The number of fused-ring (bicyclic) bond motifs is 1. The molecule has 0 fully saturated rings. The summed E-state index contributed by atoms with van der Waals surface area (Å²) >= 11 is 2.94. The maximum absolute atomic E-state index is 11.1. The lowest BCUT2D eigenvalue weighted by molar-refractivity contribution is 0.109. The fourth-order valence-corrected chi connectivity index (χ4v) is 1.60. The number of hydrogen-bond acceptors (Lipinski definition) is 1. The molecular formula is C9H6BrNO. The van der Waals surface area contributed by atoms with Crippen LogP contribution in [0, 0.1) is 0 Å². The van der Waals surface area contributed by atoms with E-state index < -0.39 is 0 Å². The highest BCUT2D eigenvalue weighted by atomic mass is 79.9. The van der Waals surface area contributed by atoms with Gasteiger partial charge in [0.15, 0.2) is 0 Å². The molecule has 0 aliphatic heterocycles. The molecule has 3 heteroatoms. The molecule has 2 aromatic rings. The van der Waals surface area contributed by atoms with E-state index in [1.165, 1.54) is 0 Å². The molecule has 0 unspecified atom stereocenters. The zero-order chi connectivity index (χ0) is 8.55. The quantitative estimate of drug-likeness (QED) is 0.742. The van der Waals surface area contributed by atoms with Crippen LogP contribution in [0.5, 0.6) is 0 Å².